The van der Waals surface area contributed by atoms with Crippen LogP contribution in [-0.4, -0.2) is 35.5 Å². The Balaban J connectivity index is 1.78. The number of benzene rings is 1. The van der Waals surface area contributed by atoms with E-state index in [1.54, 1.807) is 0 Å². The predicted octanol–water partition coefficient (Wildman–Crippen LogP) is 1.51. The second-order valence-electron chi connectivity index (χ2n) is 4.98. The average Bonchev–Trinajstić information content (AvgIpc) is 2.52. The fourth-order valence-corrected chi connectivity index (χ4v) is 2.34. The number of piperidine rings is 1. The van der Waals surface area contributed by atoms with Crippen LogP contribution in [0.25, 0.3) is 0 Å². The molecule has 1 aliphatic heterocycles. The highest BCUT2D eigenvalue weighted by Crippen LogP contribution is 2.09. The number of carbonyl (C=O) groups excluding carboxylic acids is 2. The minimum absolute atomic E-state index is 0.133. The lowest BCUT2D eigenvalue weighted by Crippen LogP contribution is -2.54. The molecule has 0 spiro atoms. The van der Waals surface area contributed by atoms with E-state index < -0.39 is 0 Å². The minimum Gasteiger partial charge on any atom is -0.275 e. The van der Waals surface area contributed by atoms with E-state index in [2.05, 4.69) is 5.43 Å². The molecule has 2 amide bonds. The third-order valence-electron chi connectivity index (χ3n) is 3.46. The first kappa shape index (κ1) is 14.5. The number of amides is 2. The Labute approximate surface area is 119 Å². The van der Waals surface area contributed by atoms with Gasteiger partial charge >= 0.3 is 0 Å². The molecule has 1 fully saturated rings. The molecule has 0 aromatic heterocycles. The Bertz CT molecular complexity index is 430. The van der Waals surface area contributed by atoms with Gasteiger partial charge in [-0.1, -0.05) is 36.8 Å². The lowest BCUT2D eigenvalue weighted by Gasteiger charge is -2.34. The van der Waals surface area contributed by atoms with E-state index in [1.165, 1.54) is 11.5 Å². The molecule has 1 aromatic rings. The topological polar surface area (TPSA) is 52.7 Å². The van der Waals surface area contributed by atoms with Gasteiger partial charge in [-0.15, -0.1) is 0 Å². The van der Waals surface area contributed by atoms with E-state index >= 15 is 0 Å². The highest BCUT2D eigenvalue weighted by Gasteiger charge is 2.18. The summed E-state index contributed by atoms with van der Waals surface area (Å²) in [6.07, 6.45) is 5.03. The minimum atomic E-state index is -0.133. The van der Waals surface area contributed by atoms with Crippen molar-refractivity contribution in [3.63, 3.8) is 0 Å². The van der Waals surface area contributed by atoms with E-state index in [0.29, 0.717) is 19.3 Å². The Hall–Kier alpha value is -1.88. The predicted molar refractivity (Wildman–Crippen MR) is 76.2 cm³/mol. The van der Waals surface area contributed by atoms with Crippen LogP contribution in [0.3, 0.4) is 0 Å². The van der Waals surface area contributed by atoms with Crippen LogP contribution >= 0.6 is 0 Å². The summed E-state index contributed by atoms with van der Waals surface area (Å²) in [5.41, 5.74) is 3.78. The normalized spacial score (nSPS) is 15.6. The average molecular weight is 275 g/mol. The third-order valence-corrected chi connectivity index (χ3v) is 3.46. The highest BCUT2D eigenvalue weighted by atomic mass is 16.2. The molecule has 5 heteroatoms. The first-order valence-electron chi connectivity index (χ1n) is 7.12. The van der Waals surface area contributed by atoms with Crippen LogP contribution < -0.4 is 5.43 Å². The van der Waals surface area contributed by atoms with Gasteiger partial charge in [-0.2, -0.15) is 10.1 Å². The third kappa shape index (κ3) is 4.35. The standard InChI is InChI=1S/C15H21N3O2/c19-13-18(17-11-5-2-6-12-17)16-15(20)10-9-14-7-3-1-4-8-14/h1,3-4,7-8,13H,2,5-6,9-12H2,(H,16,20). The molecule has 1 aliphatic rings. The maximum absolute atomic E-state index is 11.9. The molecule has 1 saturated heterocycles. The molecule has 0 unspecified atom stereocenters. The van der Waals surface area contributed by atoms with Gasteiger partial charge in [0.15, 0.2) is 0 Å². The SMILES string of the molecule is O=CN(NC(=O)CCc1ccccc1)N1CCCCC1. The smallest absolute Gasteiger partial charge is 0.243 e. The van der Waals surface area contributed by atoms with Crippen LogP contribution in [0.5, 0.6) is 0 Å². The van der Waals surface area contributed by atoms with Crippen molar-refractivity contribution in [3.05, 3.63) is 35.9 Å². The van der Waals surface area contributed by atoms with Crippen LogP contribution in [0, 0.1) is 0 Å². The summed E-state index contributed by atoms with van der Waals surface area (Å²) in [5, 5.41) is 3.18. The van der Waals surface area contributed by atoms with E-state index in [0.717, 1.165) is 31.5 Å². The summed E-state index contributed by atoms with van der Waals surface area (Å²) in [6, 6.07) is 9.86. The zero-order valence-corrected chi connectivity index (χ0v) is 11.6. The monoisotopic (exact) mass is 275 g/mol. The molecule has 5 nitrogen and oxygen atoms in total. The molecule has 20 heavy (non-hydrogen) atoms. The molecule has 2 rings (SSSR count). The van der Waals surface area contributed by atoms with Crippen LogP contribution in [0.2, 0.25) is 0 Å². The Morgan fingerprint density at radius 1 is 1.20 bits per heavy atom. The summed E-state index contributed by atoms with van der Waals surface area (Å²) in [4.78, 5) is 23.0. The van der Waals surface area contributed by atoms with Gasteiger partial charge in [0, 0.05) is 19.5 Å². The number of aryl methyl sites for hydroxylation is 1. The van der Waals surface area contributed by atoms with Gasteiger partial charge in [0.05, 0.1) is 0 Å². The molecule has 0 bridgehead atoms. The lowest BCUT2D eigenvalue weighted by atomic mass is 10.1. The Morgan fingerprint density at radius 2 is 1.90 bits per heavy atom. The van der Waals surface area contributed by atoms with Crippen molar-refractivity contribution >= 4 is 12.3 Å². The van der Waals surface area contributed by atoms with Gasteiger partial charge in [0.2, 0.25) is 12.3 Å². The second kappa shape index (κ2) is 7.65. The number of hydrazine groups is 2. The Morgan fingerprint density at radius 3 is 2.55 bits per heavy atom. The molecule has 0 radical (unpaired) electrons. The fraction of sp³-hybridized carbons (Fsp3) is 0.467. The van der Waals surface area contributed by atoms with Gasteiger partial charge < -0.3 is 0 Å². The van der Waals surface area contributed by atoms with Crippen LogP contribution in [0.15, 0.2) is 30.3 Å². The quantitative estimate of drug-likeness (QED) is 0.632. The fourth-order valence-electron chi connectivity index (χ4n) is 2.34. The Kier molecular flexibility index (Phi) is 5.55. The molecular weight excluding hydrogens is 254 g/mol. The molecule has 0 saturated carbocycles. The number of carbonyl (C=O) groups is 2. The van der Waals surface area contributed by atoms with Crippen molar-refractivity contribution in [2.24, 2.45) is 0 Å². The van der Waals surface area contributed by atoms with Crippen LogP contribution in [0.1, 0.15) is 31.2 Å². The van der Waals surface area contributed by atoms with Gasteiger partial charge in [-0.25, -0.2) is 5.43 Å². The second-order valence-corrected chi connectivity index (χ2v) is 4.98. The van der Waals surface area contributed by atoms with Crippen molar-refractivity contribution in [1.29, 1.82) is 0 Å². The largest absolute Gasteiger partial charge is 0.275 e. The van der Waals surface area contributed by atoms with E-state index in [9.17, 15) is 9.59 Å². The number of nitrogens with one attached hydrogen (secondary N) is 1. The molecule has 1 aromatic carbocycles. The summed E-state index contributed by atoms with van der Waals surface area (Å²) < 4.78 is 0. The van der Waals surface area contributed by atoms with E-state index in [1.807, 2.05) is 35.3 Å². The molecule has 1 N–H and O–H groups in total. The summed E-state index contributed by atoms with van der Waals surface area (Å²) in [6.45, 7) is 1.63. The maximum atomic E-state index is 11.9. The first-order chi connectivity index (χ1) is 9.79. The molecule has 108 valence electrons. The van der Waals surface area contributed by atoms with Crippen molar-refractivity contribution in [2.45, 2.75) is 32.1 Å². The van der Waals surface area contributed by atoms with Crippen molar-refractivity contribution in [2.75, 3.05) is 13.1 Å². The first-order valence-corrected chi connectivity index (χ1v) is 7.12. The van der Waals surface area contributed by atoms with Crippen LogP contribution in [-0.2, 0) is 16.0 Å². The summed E-state index contributed by atoms with van der Waals surface area (Å²) >= 11 is 0. The van der Waals surface area contributed by atoms with E-state index in [4.69, 9.17) is 0 Å². The molecule has 1 heterocycles. The lowest BCUT2D eigenvalue weighted by molar-refractivity contribution is -0.155. The van der Waals surface area contributed by atoms with Gasteiger partial charge in [0.25, 0.3) is 0 Å². The van der Waals surface area contributed by atoms with Crippen molar-refractivity contribution < 1.29 is 9.59 Å². The van der Waals surface area contributed by atoms with Crippen molar-refractivity contribution in [1.82, 2.24) is 15.6 Å². The summed E-state index contributed by atoms with van der Waals surface area (Å²) in [5.74, 6) is -0.133. The number of hydrogen-bond acceptors (Lipinski definition) is 3. The molecule has 0 atom stereocenters. The zero-order chi connectivity index (χ0) is 14.2. The number of hydrogen-bond donors (Lipinski definition) is 1. The zero-order valence-electron chi connectivity index (χ0n) is 11.6. The molecular formula is C15H21N3O2. The molecule has 0 aliphatic carbocycles. The van der Waals surface area contributed by atoms with Gasteiger partial charge in [-0.05, 0) is 24.8 Å². The van der Waals surface area contributed by atoms with E-state index in [-0.39, 0.29) is 5.91 Å². The van der Waals surface area contributed by atoms with Gasteiger partial charge in [-0.3, -0.25) is 9.59 Å². The highest BCUT2D eigenvalue weighted by molar-refractivity contribution is 5.76. The van der Waals surface area contributed by atoms with Crippen molar-refractivity contribution in [3.8, 4) is 0 Å². The van der Waals surface area contributed by atoms with Crippen LogP contribution in [0.4, 0.5) is 0 Å². The summed E-state index contributed by atoms with van der Waals surface area (Å²) in [7, 11) is 0. The number of rotatable bonds is 6. The maximum Gasteiger partial charge on any atom is 0.243 e. The number of nitrogens with zero attached hydrogens (tertiary/aromatic N) is 2. The van der Waals surface area contributed by atoms with Gasteiger partial charge in [0.1, 0.15) is 0 Å².